The third kappa shape index (κ3) is 2.87. The molecule has 2 rings (SSSR count). The van der Waals surface area contributed by atoms with Crippen LogP contribution < -0.4 is 5.73 Å². The van der Waals surface area contributed by atoms with E-state index in [2.05, 4.69) is 31.2 Å². The zero-order chi connectivity index (χ0) is 12.5. The summed E-state index contributed by atoms with van der Waals surface area (Å²) in [4.78, 5) is 7.22. The van der Waals surface area contributed by atoms with Crippen molar-refractivity contribution >= 4 is 11.3 Å². The Morgan fingerprint density at radius 1 is 1.47 bits per heavy atom. The number of nitrogens with zero attached hydrogens (tertiary/aromatic N) is 2. The van der Waals surface area contributed by atoms with Crippen molar-refractivity contribution in [2.24, 2.45) is 5.73 Å². The third-order valence-electron chi connectivity index (χ3n) is 3.75. The van der Waals surface area contributed by atoms with Crippen LogP contribution in [0.4, 0.5) is 0 Å². The maximum absolute atomic E-state index is 5.80. The summed E-state index contributed by atoms with van der Waals surface area (Å²) < 4.78 is 0. The number of likely N-dealkylation sites (tertiary alicyclic amines) is 1. The van der Waals surface area contributed by atoms with Crippen LogP contribution in [0.25, 0.3) is 0 Å². The summed E-state index contributed by atoms with van der Waals surface area (Å²) in [7, 11) is 2.19. The highest BCUT2D eigenvalue weighted by atomic mass is 32.1. The van der Waals surface area contributed by atoms with E-state index < -0.39 is 0 Å². The first-order valence-corrected chi connectivity index (χ1v) is 7.25. The van der Waals surface area contributed by atoms with E-state index in [0.717, 1.165) is 0 Å². The molecule has 0 spiro atoms. The highest BCUT2D eigenvalue weighted by molar-refractivity contribution is 7.09. The van der Waals surface area contributed by atoms with Crippen LogP contribution in [0.15, 0.2) is 5.38 Å². The minimum absolute atomic E-state index is 0.0222. The summed E-state index contributed by atoms with van der Waals surface area (Å²) >= 11 is 1.77. The van der Waals surface area contributed by atoms with Crippen LogP contribution in [0.1, 0.15) is 43.3 Å². The van der Waals surface area contributed by atoms with Gasteiger partial charge in [0.15, 0.2) is 0 Å². The van der Waals surface area contributed by atoms with Gasteiger partial charge in [0, 0.05) is 23.3 Å². The molecule has 96 valence electrons. The van der Waals surface area contributed by atoms with Gasteiger partial charge in [-0.05, 0) is 33.0 Å². The Morgan fingerprint density at radius 3 is 2.71 bits per heavy atom. The molecule has 1 fully saturated rings. The summed E-state index contributed by atoms with van der Waals surface area (Å²) in [5.41, 5.74) is 7.12. The summed E-state index contributed by atoms with van der Waals surface area (Å²) in [5, 5.41) is 3.43. The number of hydrogen-bond donors (Lipinski definition) is 1. The number of piperidine rings is 1. The van der Waals surface area contributed by atoms with Crippen molar-refractivity contribution in [3.8, 4) is 0 Å². The fourth-order valence-corrected chi connectivity index (χ4v) is 3.21. The Balaban J connectivity index is 2.08. The van der Waals surface area contributed by atoms with Crippen molar-refractivity contribution in [1.29, 1.82) is 0 Å². The standard InChI is InChI=1S/C13H23N3S/c1-13(2,9-14)12-15-11(8-17-12)10-4-6-16(3)7-5-10/h8,10H,4-7,9,14H2,1-3H3. The molecule has 0 bridgehead atoms. The van der Waals surface area contributed by atoms with Crippen LogP contribution in [-0.4, -0.2) is 36.6 Å². The average Bonchev–Trinajstić information content (AvgIpc) is 2.80. The molecule has 0 radical (unpaired) electrons. The second-order valence-electron chi connectivity index (χ2n) is 5.74. The highest BCUT2D eigenvalue weighted by Gasteiger charge is 2.25. The molecule has 1 aliphatic heterocycles. The lowest BCUT2D eigenvalue weighted by molar-refractivity contribution is 0.253. The predicted octanol–water partition coefficient (Wildman–Crippen LogP) is 2.19. The molecule has 0 aromatic carbocycles. The van der Waals surface area contributed by atoms with Gasteiger partial charge < -0.3 is 10.6 Å². The zero-order valence-electron chi connectivity index (χ0n) is 11.1. The van der Waals surface area contributed by atoms with E-state index in [1.165, 1.54) is 36.6 Å². The Kier molecular flexibility index (Phi) is 3.85. The smallest absolute Gasteiger partial charge is 0.0997 e. The summed E-state index contributed by atoms with van der Waals surface area (Å²) in [6, 6.07) is 0. The number of hydrogen-bond acceptors (Lipinski definition) is 4. The number of aromatic nitrogens is 1. The molecular weight excluding hydrogens is 230 g/mol. The minimum atomic E-state index is 0.0222. The van der Waals surface area contributed by atoms with E-state index in [9.17, 15) is 0 Å². The summed E-state index contributed by atoms with van der Waals surface area (Å²) in [6.45, 7) is 7.39. The molecule has 1 aliphatic rings. The quantitative estimate of drug-likeness (QED) is 0.898. The van der Waals surface area contributed by atoms with Crippen LogP contribution in [0.5, 0.6) is 0 Å². The SMILES string of the molecule is CN1CCC(c2csc(C(C)(C)CN)n2)CC1. The first kappa shape index (κ1) is 13.0. The Hall–Kier alpha value is -0.450. The highest BCUT2D eigenvalue weighted by Crippen LogP contribution is 2.32. The lowest BCUT2D eigenvalue weighted by Crippen LogP contribution is -2.30. The van der Waals surface area contributed by atoms with E-state index >= 15 is 0 Å². The Bertz CT molecular complexity index is 364. The zero-order valence-corrected chi connectivity index (χ0v) is 11.9. The molecule has 0 atom stereocenters. The van der Waals surface area contributed by atoms with Crippen LogP contribution >= 0.6 is 11.3 Å². The van der Waals surface area contributed by atoms with Gasteiger partial charge in [-0.15, -0.1) is 11.3 Å². The third-order valence-corrected chi connectivity index (χ3v) is 4.97. The molecule has 17 heavy (non-hydrogen) atoms. The molecule has 0 saturated carbocycles. The van der Waals surface area contributed by atoms with E-state index in [1.54, 1.807) is 11.3 Å². The lowest BCUT2D eigenvalue weighted by Gasteiger charge is -2.28. The number of thiazole rings is 1. The Labute approximate surface area is 108 Å². The lowest BCUT2D eigenvalue weighted by atomic mass is 9.93. The van der Waals surface area contributed by atoms with Gasteiger partial charge in [-0.25, -0.2) is 4.98 Å². The monoisotopic (exact) mass is 253 g/mol. The van der Waals surface area contributed by atoms with E-state index in [0.29, 0.717) is 12.5 Å². The molecule has 3 nitrogen and oxygen atoms in total. The number of nitrogens with two attached hydrogens (primary N) is 1. The van der Waals surface area contributed by atoms with E-state index in [4.69, 9.17) is 10.7 Å². The second-order valence-corrected chi connectivity index (χ2v) is 6.60. The molecule has 0 aliphatic carbocycles. The van der Waals surface area contributed by atoms with Crippen molar-refractivity contribution < 1.29 is 0 Å². The molecule has 2 heterocycles. The molecule has 4 heteroatoms. The van der Waals surface area contributed by atoms with Crippen LogP contribution in [0.2, 0.25) is 0 Å². The van der Waals surface area contributed by atoms with E-state index in [1.807, 2.05) is 0 Å². The van der Waals surface area contributed by atoms with Gasteiger partial charge in [0.2, 0.25) is 0 Å². The molecule has 1 aromatic rings. The van der Waals surface area contributed by atoms with Gasteiger partial charge in [-0.3, -0.25) is 0 Å². The first-order chi connectivity index (χ1) is 8.03. The topological polar surface area (TPSA) is 42.1 Å². The van der Waals surface area contributed by atoms with Crippen LogP contribution in [-0.2, 0) is 5.41 Å². The summed E-state index contributed by atoms with van der Waals surface area (Å²) in [5.74, 6) is 0.657. The van der Waals surface area contributed by atoms with Gasteiger partial charge in [-0.2, -0.15) is 0 Å². The molecule has 0 amide bonds. The summed E-state index contributed by atoms with van der Waals surface area (Å²) in [6.07, 6.45) is 2.48. The molecule has 1 saturated heterocycles. The predicted molar refractivity (Wildman–Crippen MR) is 73.7 cm³/mol. The van der Waals surface area contributed by atoms with Crippen molar-refractivity contribution in [2.45, 2.75) is 38.0 Å². The minimum Gasteiger partial charge on any atom is -0.330 e. The second kappa shape index (κ2) is 5.04. The fourth-order valence-electron chi connectivity index (χ4n) is 2.18. The maximum atomic E-state index is 5.80. The van der Waals surface area contributed by atoms with Gasteiger partial charge in [0.05, 0.1) is 10.7 Å². The van der Waals surface area contributed by atoms with Crippen LogP contribution in [0, 0.1) is 0 Å². The maximum Gasteiger partial charge on any atom is 0.0997 e. The first-order valence-electron chi connectivity index (χ1n) is 6.37. The Morgan fingerprint density at radius 2 is 2.12 bits per heavy atom. The molecule has 1 aromatic heterocycles. The van der Waals surface area contributed by atoms with E-state index in [-0.39, 0.29) is 5.41 Å². The largest absolute Gasteiger partial charge is 0.330 e. The van der Waals surface area contributed by atoms with Gasteiger partial charge >= 0.3 is 0 Å². The van der Waals surface area contributed by atoms with Crippen molar-refractivity contribution in [3.05, 3.63) is 16.1 Å². The fraction of sp³-hybridized carbons (Fsp3) is 0.769. The van der Waals surface area contributed by atoms with Crippen LogP contribution in [0.3, 0.4) is 0 Å². The average molecular weight is 253 g/mol. The van der Waals surface area contributed by atoms with Gasteiger partial charge in [0.1, 0.15) is 0 Å². The molecule has 2 N–H and O–H groups in total. The van der Waals surface area contributed by atoms with Crippen molar-refractivity contribution in [2.75, 3.05) is 26.7 Å². The van der Waals surface area contributed by atoms with Gasteiger partial charge in [0.25, 0.3) is 0 Å². The van der Waals surface area contributed by atoms with Gasteiger partial charge in [-0.1, -0.05) is 13.8 Å². The molecule has 0 unspecified atom stereocenters. The van der Waals surface area contributed by atoms with Crippen molar-refractivity contribution in [3.63, 3.8) is 0 Å². The van der Waals surface area contributed by atoms with Crippen molar-refractivity contribution in [1.82, 2.24) is 9.88 Å². The number of rotatable bonds is 3. The normalized spacial score (nSPS) is 19.8. The molecular formula is C13H23N3S.